The molecule has 1 unspecified atom stereocenters. The summed E-state index contributed by atoms with van der Waals surface area (Å²) in [6.07, 6.45) is 13.7. The number of nitrogens with one attached hydrogen (secondary N) is 1. The van der Waals surface area contributed by atoms with Crippen LogP contribution in [0.1, 0.15) is 102 Å². The van der Waals surface area contributed by atoms with Crippen LogP contribution in [0.15, 0.2) is 91.9 Å². The highest BCUT2D eigenvalue weighted by molar-refractivity contribution is 5.67. The Labute approximate surface area is 346 Å². The first-order valence-corrected chi connectivity index (χ1v) is 19.9. The Morgan fingerprint density at radius 1 is 0.508 bits per heavy atom. The Morgan fingerprint density at radius 2 is 1.03 bits per heavy atom. The molecule has 0 aliphatic carbocycles. The van der Waals surface area contributed by atoms with Gasteiger partial charge in [0, 0.05) is 83.8 Å². The van der Waals surface area contributed by atoms with Gasteiger partial charge in [0.1, 0.15) is 0 Å². The van der Waals surface area contributed by atoms with Crippen LogP contribution in [-0.2, 0) is 29.1 Å². The van der Waals surface area contributed by atoms with E-state index >= 15 is 0 Å². The molecule has 0 radical (unpaired) electrons. The average Bonchev–Trinajstić information content (AvgIpc) is 3.23. The normalized spacial score (nSPS) is 12.6. The van der Waals surface area contributed by atoms with Crippen LogP contribution in [0.5, 0.6) is 0 Å². The maximum atomic E-state index is 5.18. The molecule has 6 heterocycles. The van der Waals surface area contributed by atoms with Gasteiger partial charge in [-0.3, -0.25) is 0 Å². The first-order chi connectivity index (χ1) is 28.1. The van der Waals surface area contributed by atoms with Gasteiger partial charge in [-0.05, 0) is 41.7 Å². The summed E-state index contributed by atoms with van der Waals surface area (Å²) in [4.78, 5) is 57.4. The van der Waals surface area contributed by atoms with Gasteiger partial charge >= 0.3 is 0 Å². The maximum Gasteiger partial charge on any atom is 0.198 e. The monoisotopic (exact) mass is 785 g/mol. The molecule has 0 bridgehead atoms. The molecular weight excluding hydrogens is 735 g/mol. The standard InChI is InChI=1S/C46H51N13/c1-28(23-30-17-21-50-40(55-30)42-53-26-33(29-15-12-11-13-16-29)35(57-42)44(2,3)4)32-25-52-39(38-48-19-14-20-49-38)58-36(32)46(8,9)24-31-18-22-51-41(56-31)43-54-27-34(47-10)37(59-43)45(5,6)7/h11-22,25-28,47H,23-24H2,1-10H3. The van der Waals surface area contributed by atoms with E-state index in [0.29, 0.717) is 47.8 Å². The van der Waals surface area contributed by atoms with Gasteiger partial charge in [-0.1, -0.05) is 92.6 Å². The largest absolute Gasteiger partial charge is 0.385 e. The van der Waals surface area contributed by atoms with E-state index < -0.39 is 5.41 Å². The zero-order chi connectivity index (χ0) is 42.0. The Morgan fingerprint density at radius 3 is 1.68 bits per heavy atom. The molecule has 0 saturated carbocycles. The number of hydrogen-bond acceptors (Lipinski definition) is 13. The van der Waals surface area contributed by atoms with Crippen molar-refractivity contribution in [1.29, 1.82) is 0 Å². The van der Waals surface area contributed by atoms with Gasteiger partial charge in [0.05, 0.1) is 29.0 Å². The SMILES string of the molecule is CNc1cnc(-c2nccc(CC(C)(C)c3nc(-c4ncccn4)ncc3C(C)Cc3ccnc(-c4ncc(-c5ccccc5)c(C(C)(C)C)n4)n3)n2)nc1C(C)(C)C. The molecule has 7 rings (SSSR count). The summed E-state index contributed by atoms with van der Waals surface area (Å²) in [5, 5.41) is 3.21. The third-order valence-corrected chi connectivity index (χ3v) is 10.1. The highest BCUT2D eigenvalue weighted by Crippen LogP contribution is 2.36. The molecule has 1 N–H and O–H groups in total. The van der Waals surface area contributed by atoms with Gasteiger partial charge in [-0.2, -0.15) is 0 Å². The predicted octanol–water partition coefficient (Wildman–Crippen LogP) is 8.60. The average molecular weight is 786 g/mol. The van der Waals surface area contributed by atoms with Crippen molar-refractivity contribution in [2.24, 2.45) is 0 Å². The van der Waals surface area contributed by atoms with Crippen molar-refractivity contribution in [1.82, 2.24) is 59.8 Å². The summed E-state index contributed by atoms with van der Waals surface area (Å²) in [6.45, 7) is 19.4. The zero-order valence-electron chi connectivity index (χ0n) is 35.5. The molecule has 0 aliphatic rings. The number of benzene rings is 1. The summed E-state index contributed by atoms with van der Waals surface area (Å²) in [5.41, 5.74) is 7.38. The number of nitrogens with zero attached hydrogens (tertiary/aromatic N) is 12. The molecular formula is C46H51N13. The first-order valence-electron chi connectivity index (χ1n) is 19.9. The van der Waals surface area contributed by atoms with Crippen molar-refractivity contribution < 1.29 is 0 Å². The van der Waals surface area contributed by atoms with Crippen LogP contribution in [-0.4, -0.2) is 66.9 Å². The van der Waals surface area contributed by atoms with Gasteiger partial charge in [0.2, 0.25) is 0 Å². The van der Waals surface area contributed by atoms with E-state index in [1.54, 1.807) is 37.1 Å². The molecule has 6 aromatic heterocycles. The fourth-order valence-corrected chi connectivity index (χ4v) is 7.13. The predicted molar refractivity (Wildman–Crippen MR) is 230 cm³/mol. The molecule has 1 atom stereocenters. The van der Waals surface area contributed by atoms with E-state index in [9.17, 15) is 0 Å². The fraction of sp³-hybridized carbons (Fsp3) is 0.348. The van der Waals surface area contributed by atoms with Crippen molar-refractivity contribution in [3.05, 3.63) is 126 Å². The Bertz CT molecular complexity index is 2560. The molecule has 7 aromatic rings. The minimum absolute atomic E-state index is 0.0276. The van der Waals surface area contributed by atoms with Crippen LogP contribution in [0.4, 0.5) is 5.69 Å². The molecule has 0 saturated heterocycles. The van der Waals surface area contributed by atoms with Gasteiger partial charge in [0.15, 0.2) is 34.9 Å². The van der Waals surface area contributed by atoms with Gasteiger partial charge in [0.25, 0.3) is 0 Å². The number of aromatic nitrogens is 12. The van der Waals surface area contributed by atoms with Crippen LogP contribution in [0.2, 0.25) is 0 Å². The Kier molecular flexibility index (Phi) is 11.3. The van der Waals surface area contributed by atoms with E-state index in [-0.39, 0.29) is 16.7 Å². The van der Waals surface area contributed by atoms with Crippen molar-refractivity contribution in [2.75, 3.05) is 12.4 Å². The van der Waals surface area contributed by atoms with Gasteiger partial charge in [-0.25, -0.2) is 59.8 Å². The highest BCUT2D eigenvalue weighted by atomic mass is 15.0. The van der Waals surface area contributed by atoms with E-state index in [0.717, 1.165) is 50.8 Å². The Balaban J connectivity index is 1.21. The lowest BCUT2D eigenvalue weighted by Crippen LogP contribution is -2.26. The van der Waals surface area contributed by atoms with Crippen molar-refractivity contribution >= 4 is 5.69 Å². The lowest BCUT2D eigenvalue weighted by molar-refractivity contribution is 0.485. The lowest BCUT2D eigenvalue weighted by atomic mass is 9.79. The van der Waals surface area contributed by atoms with Crippen molar-refractivity contribution in [2.45, 2.75) is 97.3 Å². The number of anilines is 1. The smallest absolute Gasteiger partial charge is 0.198 e. The van der Waals surface area contributed by atoms with E-state index in [1.807, 2.05) is 49.8 Å². The number of rotatable bonds is 11. The summed E-state index contributed by atoms with van der Waals surface area (Å²) < 4.78 is 0. The molecule has 0 spiro atoms. The molecule has 0 amide bonds. The molecule has 0 aliphatic heterocycles. The third-order valence-electron chi connectivity index (χ3n) is 10.1. The molecule has 13 nitrogen and oxygen atoms in total. The summed E-state index contributed by atoms with van der Waals surface area (Å²) in [5.74, 6) is 2.80. The molecule has 59 heavy (non-hydrogen) atoms. The van der Waals surface area contributed by atoms with Crippen LogP contribution < -0.4 is 5.32 Å². The highest BCUT2D eigenvalue weighted by Gasteiger charge is 2.31. The van der Waals surface area contributed by atoms with Crippen molar-refractivity contribution in [3.63, 3.8) is 0 Å². The zero-order valence-corrected chi connectivity index (χ0v) is 35.5. The summed E-state index contributed by atoms with van der Waals surface area (Å²) >= 11 is 0. The van der Waals surface area contributed by atoms with E-state index in [4.69, 9.17) is 34.9 Å². The first kappa shape index (κ1) is 40.7. The molecule has 1 aromatic carbocycles. The maximum absolute atomic E-state index is 5.18. The third kappa shape index (κ3) is 9.14. The van der Waals surface area contributed by atoms with Crippen LogP contribution in [0.3, 0.4) is 0 Å². The van der Waals surface area contributed by atoms with Gasteiger partial charge in [-0.15, -0.1) is 0 Å². The van der Waals surface area contributed by atoms with E-state index in [1.165, 1.54) is 0 Å². The lowest BCUT2D eigenvalue weighted by Gasteiger charge is -2.28. The second-order valence-corrected chi connectivity index (χ2v) is 17.5. The van der Waals surface area contributed by atoms with Crippen LogP contribution in [0.25, 0.3) is 46.1 Å². The fourth-order valence-electron chi connectivity index (χ4n) is 7.13. The molecule has 0 fully saturated rings. The van der Waals surface area contributed by atoms with Gasteiger partial charge < -0.3 is 5.32 Å². The Hall–Kier alpha value is -6.50. The summed E-state index contributed by atoms with van der Waals surface area (Å²) in [6, 6.07) is 15.9. The van der Waals surface area contributed by atoms with Crippen LogP contribution in [0, 0.1) is 0 Å². The second kappa shape index (κ2) is 16.4. The molecule has 13 heteroatoms. The minimum Gasteiger partial charge on any atom is -0.385 e. The second-order valence-electron chi connectivity index (χ2n) is 17.5. The van der Waals surface area contributed by atoms with Crippen LogP contribution >= 0.6 is 0 Å². The molecule has 300 valence electrons. The van der Waals surface area contributed by atoms with Crippen molar-refractivity contribution in [3.8, 4) is 46.1 Å². The quantitative estimate of drug-likeness (QED) is 0.133. The van der Waals surface area contributed by atoms with E-state index in [2.05, 4.69) is 105 Å². The summed E-state index contributed by atoms with van der Waals surface area (Å²) in [7, 11) is 1.87. The number of hydrogen-bond donors (Lipinski definition) is 1. The topological polar surface area (TPSA) is 167 Å². The minimum atomic E-state index is -0.510.